The van der Waals surface area contributed by atoms with E-state index in [1.54, 1.807) is 31.2 Å². The minimum Gasteiger partial charge on any atom is -0.282 e. The number of thioether (sulfide) groups is 2. The quantitative estimate of drug-likeness (QED) is 0.500. The summed E-state index contributed by atoms with van der Waals surface area (Å²) in [5.74, 6) is -2.10. The van der Waals surface area contributed by atoms with E-state index < -0.39 is 16.7 Å². The molecule has 0 saturated carbocycles. The van der Waals surface area contributed by atoms with Crippen molar-refractivity contribution in [2.24, 2.45) is 0 Å². The van der Waals surface area contributed by atoms with Gasteiger partial charge in [0.2, 0.25) is 10.2 Å². The molecular formula is C19H14F2O2S2. The van der Waals surface area contributed by atoms with Gasteiger partial charge < -0.3 is 0 Å². The van der Waals surface area contributed by atoms with E-state index in [-0.39, 0.29) is 15.6 Å². The summed E-state index contributed by atoms with van der Waals surface area (Å²) >= 11 is 1.60. The molecule has 0 aliphatic heterocycles. The maximum absolute atomic E-state index is 14.3. The molecule has 0 unspecified atom stereocenters. The van der Waals surface area contributed by atoms with Crippen molar-refractivity contribution < 1.29 is 18.4 Å². The summed E-state index contributed by atoms with van der Waals surface area (Å²) in [6, 6.07) is 9.29. The maximum atomic E-state index is 14.3. The van der Waals surface area contributed by atoms with Crippen molar-refractivity contribution in [2.75, 3.05) is 0 Å². The van der Waals surface area contributed by atoms with Crippen molar-refractivity contribution in [3.05, 3.63) is 72.8 Å². The van der Waals surface area contributed by atoms with Gasteiger partial charge in [-0.15, -0.1) is 0 Å². The summed E-state index contributed by atoms with van der Waals surface area (Å²) < 4.78 is 28.5. The Bertz CT molecular complexity index is 858. The van der Waals surface area contributed by atoms with Crippen LogP contribution in [0.1, 0.15) is 6.92 Å². The molecule has 0 aromatic heterocycles. The molecule has 0 aliphatic rings. The smallest absolute Gasteiger partial charge is 0.219 e. The molecule has 6 heteroatoms. The van der Waals surface area contributed by atoms with Crippen LogP contribution in [0, 0.1) is 11.6 Å². The molecule has 0 amide bonds. The largest absolute Gasteiger partial charge is 0.282 e. The Morgan fingerprint density at radius 3 is 2.20 bits per heavy atom. The van der Waals surface area contributed by atoms with Gasteiger partial charge in [0.1, 0.15) is 0 Å². The molecular weight excluding hydrogens is 362 g/mol. The average molecular weight is 376 g/mol. The van der Waals surface area contributed by atoms with E-state index in [9.17, 15) is 18.4 Å². The molecule has 2 aromatic rings. The third-order valence-electron chi connectivity index (χ3n) is 3.15. The number of carbonyl (C=O) groups excluding carboxylic acids is 2. The van der Waals surface area contributed by atoms with Crippen LogP contribution in [0.3, 0.4) is 0 Å². The topological polar surface area (TPSA) is 34.1 Å². The summed E-state index contributed by atoms with van der Waals surface area (Å²) in [4.78, 5) is 23.5. The van der Waals surface area contributed by atoms with Crippen LogP contribution in [-0.4, -0.2) is 10.2 Å². The fraction of sp³-hybridized carbons (Fsp3) is 0.0526. The summed E-state index contributed by atoms with van der Waals surface area (Å²) in [5, 5.41) is -0.618. The van der Waals surface area contributed by atoms with Crippen LogP contribution in [-0.2, 0) is 9.59 Å². The number of rotatable bonds is 5. The molecule has 0 radical (unpaired) electrons. The minimum absolute atomic E-state index is 0.0793. The van der Waals surface area contributed by atoms with Crippen molar-refractivity contribution in [3.63, 3.8) is 0 Å². The zero-order valence-electron chi connectivity index (χ0n) is 13.3. The van der Waals surface area contributed by atoms with Crippen LogP contribution >= 0.6 is 23.5 Å². The first-order chi connectivity index (χ1) is 11.8. The molecule has 0 heterocycles. The third kappa shape index (κ3) is 4.67. The molecule has 0 bridgehead atoms. The van der Waals surface area contributed by atoms with E-state index in [1.807, 2.05) is 0 Å². The molecule has 0 aliphatic carbocycles. The predicted molar refractivity (Wildman–Crippen MR) is 98.5 cm³/mol. The first-order valence-corrected chi connectivity index (χ1v) is 8.77. The van der Waals surface area contributed by atoms with Crippen molar-refractivity contribution in [1.82, 2.24) is 0 Å². The molecule has 0 fully saturated rings. The van der Waals surface area contributed by atoms with E-state index in [0.717, 1.165) is 17.8 Å². The van der Waals surface area contributed by atoms with Gasteiger partial charge >= 0.3 is 0 Å². The lowest BCUT2D eigenvalue weighted by Gasteiger charge is -2.08. The van der Waals surface area contributed by atoms with Crippen LogP contribution < -0.4 is 0 Å². The van der Waals surface area contributed by atoms with Crippen LogP contribution in [0.25, 0.3) is 11.1 Å². The number of benzene rings is 2. The van der Waals surface area contributed by atoms with Gasteiger partial charge in [-0.1, -0.05) is 31.4 Å². The standard InChI is InChI=1S/C19H14F2O2S2/c1-4-16(22)25-15-10-9-14(17(20)18(15)21)12-5-7-13(8-6-12)24-19(23)11(2)3/h4-10H,1-2H2,3H3. The Labute approximate surface area is 153 Å². The molecule has 0 N–H and O–H groups in total. The van der Waals surface area contributed by atoms with Crippen molar-refractivity contribution >= 4 is 33.8 Å². The molecule has 128 valence electrons. The van der Waals surface area contributed by atoms with E-state index in [4.69, 9.17) is 0 Å². The lowest BCUT2D eigenvalue weighted by atomic mass is 10.1. The number of hydrogen-bond donors (Lipinski definition) is 0. The Balaban J connectivity index is 2.28. The van der Waals surface area contributed by atoms with Gasteiger partial charge in [0.15, 0.2) is 11.6 Å². The molecule has 25 heavy (non-hydrogen) atoms. The Morgan fingerprint density at radius 1 is 1.00 bits per heavy atom. The normalized spacial score (nSPS) is 10.4. The second-order valence-corrected chi connectivity index (χ2v) is 7.15. The fourth-order valence-electron chi connectivity index (χ4n) is 1.88. The van der Waals surface area contributed by atoms with E-state index in [1.165, 1.54) is 12.1 Å². The SMILES string of the molecule is C=CC(=O)Sc1ccc(-c2ccc(SC(=O)C(=C)C)cc2)c(F)c1F. The van der Waals surface area contributed by atoms with Gasteiger partial charge in [0, 0.05) is 10.5 Å². The van der Waals surface area contributed by atoms with Gasteiger partial charge in [-0.25, -0.2) is 8.78 Å². The number of hydrogen-bond acceptors (Lipinski definition) is 4. The first-order valence-electron chi connectivity index (χ1n) is 7.14. The Kier molecular flexibility index (Phi) is 6.33. The van der Waals surface area contributed by atoms with E-state index in [0.29, 0.717) is 27.8 Å². The second-order valence-electron chi connectivity index (χ2n) is 5.06. The predicted octanol–water partition coefficient (Wildman–Crippen LogP) is 5.63. The molecule has 2 rings (SSSR count). The van der Waals surface area contributed by atoms with E-state index in [2.05, 4.69) is 13.2 Å². The molecule has 0 spiro atoms. The highest BCUT2D eigenvalue weighted by molar-refractivity contribution is 8.14. The average Bonchev–Trinajstić information content (AvgIpc) is 2.59. The third-order valence-corrected chi connectivity index (χ3v) is 5.09. The van der Waals surface area contributed by atoms with Crippen molar-refractivity contribution in [2.45, 2.75) is 16.7 Å². The van der Waals surface area contributed by atoms with E-state index >= 15 is 0 Å². The highest BCUT2D eigenvalue weighted by atomic mass is 32.2. The maximum Gasteiger partial charge on any atom is 0.219 e. The highest BCUT2D eigenvalue weighted by Gasteiger charge is 2.17. The van der Waals surface area contributed by atoms with Crippen LogP contribution in [0.5, 0.6) is 0 Å². The van der Waals surface area contributed by atoms with Crippen LogP contribution in [0.15, 0.2) is 71.0 Å². The lowest BCUT2D eigenvalue weighted by molar-refractivity contribution is -0.108. The van der Waals surface area contributed by atoms with Crippen LogP contribution in [0.4, 0.5) is 8.78 Å². The number of carbonyl (C=O) groups is 2. The van der Waals surface area contributed by atoms with Gasteiger partial charge in [0.25, 0.3) is 0 Å². The van der Waals surface area contributed by atoms with Gasteiger partial charge in [-0.05, 0) is 65.9 Å². The molecule has 0 saturated heterocycles. The van der Waals surface area contributed by atoms with Crippen molar-refractivity contribution in [3.8, 4) is 11.1 Å². The summed E-state index contributed by atoms with van der Waals surface area (Å²) in [6.07, 6.45) is 1.04. The van der Waals surface area contributed by atoms with Gasteiger partial charge in [-0.2, -0.15) is 0 Å². The summed E-state index contributed by atoms with van der Waals surface area (Å²) in [5.41, 5.74) is 0.982. The number of halogens is 2. The van der Waals surface area contributed by atoms with Gasteiger partial charge in [0.05, 0.1) is 4.90 Å². The molecule has 2 nitrogen and oxygen atoms in total. The molecule has 2 aromatic carbocycles. The Morgan fingerprint density at radius 2 is 1.64 bits per heavy atom. The van der Waals surface area contributed by atoms with Gasteiger partial charge in [-0.3, -0.25) is 9.59 Å². The highest BCUT2D eigenvalue weighted by Crippen LogP contribution is 2.32. The summed E-state index contributed by atoms with van der Waals surface area (Å²) in [7, 11) is 0. The fourth-order valence-corrected chi connectivity index (χ4v) is 3.16. The van der Waals surface area contributed by atoms with Crippen LogP contribution in [0.2, 0.25) is 0 Å². The monoisotopic (exact) mass is 376 g/mol. The summed E-state index contributed by atoms with van der Waals surface area (Å²) in [6.45, 7) is 8.50. The van der Waals surface area contributed by atoms with Crippen molar-refractivity contribution in [1.29, 1.82) is 0 Å². The first kappa shape index (κ1) is 19.1. The molecule has 0 atom stereocenters. The zero-order chi connectivity index (χ0) is 18.6. The zero-order valence-corrected chi connectivity index (χ0v) is 15.0. The Hall–Kier alpha value is -2.18. The lowest BCUT2D eigenvalue weighted by Crippen LogP contribution is -1.95. The minimum atomic E-state index is -1.08. The second kappa shape index (κ2) is 8.27.